The number of morpholine rings is 1. The van der Waals surface area contributed by atoms with Crippen LogP contribution in [-0.2, 0) is 14.0 Å². The van der Waals surface area contributed by atoms with E-state index in [2.05, 4.69) is 43.6 Å². The summed E-state index contributed by atoms with van der Waals surface area (Å²) in [5, 5.41) is 0. The first-order valence-electron chi connectivity index (χ1n) is 7.95. The van der Waals surface area contributed by atoms with Gasteiger partial charge in [-0.1, -0.05) is 0 Å². The first kappa shape index (κ1) is 15.8. The molecule has 5 nitrogen and oxygen atoms in total. The number of aryl methyl sites for hydroxylation is 1. The monoisotopic (exact) mass is 304 g/mol. The summed E-state index contributed by atoms with van der Waals surface area (Å²) in [7, 11) is -0.341. The Kier molecular flexibility index (Phi) is 3.95. The number of hydrogen-bond donors (Lipinski definition) is 0. The maximum Gasteiger partial charge on any atom is 0.495 e. The van der Waals surface area contributed by atoms with Crippen molar-refractivity contribution in [3.05, 3.63) is 17.8 Å². The summed E-state index contributed by atoms with van der Waals surface area (Å²) in [5.41, 5.74) is 1.36. The summed E-state index contributed by atoms with van der Waals surface area (Å²) in [5.74, 6) is 0.980. The van der Waals surface area contributed by atoms with Crippen LogP contribution < -0.4 is 10.4 Å². The van der Waals surface area contributed by atoms with Gasteiger partial charge in [0, 0.05) is 18.8 Å². The molecule has 2 aliphatic rings. The molecule has 0 radical (unpaired) electrons. The molecule has 2 saturated heterocycles. The minimum absolute atomic E-state index is 0.325. The topological polar surface area (TPSA) is 43.8 Å². The zero-order valence-corrected chi connectivity index (χ0v) is 14.2. The van der Waals surface area contributed by atoms with Crippen LogP contribution in [-0.4, -0.2) is 49.6 Å². The molecule has 3 heterocycles. The SMILES string of the molecule is Cc1cc(B2OC(C)(C)C(C)(C)O2)cc(N2CCOCC2)n1. The minimum Gasteiger partial charge on any atom is -0.399 e. The van der Waals surface area contributed by atoms with Crippen molar-refractivity contribution < 1.29 is 14.0 Å². The van der Waals surface area contributed by atoms with Gasteiger partial charge in [0.25, 0.3) is 0 Å². The Hall–Kier alpha value is -1.11. The molecule has 0 unspecified atom stereocenters. The van der Waals surface area contributed by atoms with Crippen LogP contribution in [0.15, 0.2) is 12.1 Å². The Labute approximate surface area is 133 Å². The van der Waals surface area contributed by atoms with Crippen LogP contribution in [0.5, 0.6) is 0 Å². The van der Waals surface area contributed by atoms with Crippen molar-refractivity contribution in [1.82, 2.24) is 4.98 Å². The van der Waals surface area contributed by atoms with Gasteiger partial charge in [-0.25, -0.2) is 4.98 Å². The number of hydrogen-bond acceptors (Lipinski definition) is 5. The van der Waals surface area contributed by atoms with Gasteiger partial charge in [0.15, 0.2) is 0 Å². The van der Waals surface area contributed by atoms with E-state index in [0.29, 0.717) is 0 Å². The van der Waals surface area contributed by atoms with Gasteiger partial charge in [-0.15, -0.1) is 0 Å². The smallest absolute Gasteiger partial charge is 0.399 e. The third-order valence-electron chi connectivity index (χ3n) is 4.82. The number of ether oxygens (including phenoxy) is 1. The second kappa shape index (κ2) is 5.51. The van der Waals surface area contributed by atoms with Gasteiger partial charge in [-0.3, -0.25) is 0 Å². The minimum atomic E-state index is -0.341. The van der Waals surface area contributed by atoms with Crippen molar-refractivity contribution in [3.8, 4) is 0 Å². The van der Waals surface area contributed by atoms with Crippen molar-refractivity contribution in [2.75, 3.05) is 31.2 Å². The summed E-state index contributed by atoms with van der Waals surface area (Å²) in [6.07, 6.45) is 0. The fourth-order valence-electron chi connectivity index (χ4n) is 2.75. The van der Waals surface area contributed by atoms with Crippen molar-refractivity contribution >= 4 is 18.4 Å². The number of nitrogens with zero attached hydrogens (tertiary/aromatic N) is 2. The molecule has 0 amide bonds. The van der Waals surface area contributed by atoms with Gasteiger partial charge in [0.2, 0.25) is 0 Å². The maximum atomic E-state index is 6.15. The van der Waals surface area contributed by atoms with Crippen LogP contribution in [0.4, 0.5) is 5.82 Å². The molecule has 0 aromatic carbocycles. The number of pyridine rings is 1. The lowest BCUT2D eigenvalue weighted by molar-refractivity contribution is 0.00578. The normalized spacial score (nSPS) is 23.9. The molecule has 0 saturated carbocycles. The molecule has 6 heteroatoms. The molecule has 3 rings (SSSR count). The molecule has 0 aliphatic carbocycles. The van der Waals surface area contributed by atoms with E-state index < -0.39 is 0 Å². The van der Waals surface area contributed by atoms with E-state index in [0.717, 1.165) is 43.3 Å². The molecule has 120 valence electrons. The number of rotatable bonds is 2. The molecule has 22 heavy (non-hydrogen) atoms. The Morgan fingerprint density at radius 2 is 1.64 bits per heavy atom. The molecule has 0 N–H and O–H groups in total. The van der Waals surface area contributed by atoms with Crippen molar-refractivity contribution in [2.24, 2.45) is 0 Å². The summed E-state index contributed by atoms with van der Waals surface area (Å²) in [4.78, 5) is 6.92. The Balaban J connectivity index is 1.87. The molecule has 2 aliphatic heterocycles. The molecule has 1 aromatic rings. The van der Waals surface area contributed by atoms with Crippen LogP contribution >= 0.6 is 0 Å². The average molecular weight is 304 g/mol. The number of anilines is 1. The van der Waals surface area contributed by atoms with Crippen LogP contribution in [0.2, 0.25) is 0 Å². The fourth-order valence-corrected chi connectivity index (χ4v) is 2.75. The van der Waals surface area contributed by atoms with E-state index in [1.54, 1.807) is 0 Å². The summed E-state index contributed by atoms with van der Waals surface area (Å²) in [6, 6.07) is 4.13. The third kappa shape index (κ3) is 2.87. The van der Waals surface area contributed by atoms with Gasteiger partial charge in [-0.05, 0) is 52.2 Å². The molecule has 0 spiro atoms. The van der Waals surface area contributed by atoms with Crippen molar-refractivity contribution in [2.45, 2.75) is 45.8 Å². The Morgan fingerprint density at radius 3 is 2.23 bits per heavy atom. The molecule has 1 aromatic heterocycles. The maximum absolute atomic E-state index is 6.15. The largest absolute Gasteiger partial charge is 0.495 e. The van der Waals surface area contributed by atoms with Gasteiger partial charge in [-0.2, -0.15) is 0 Å². The average Bonchev–Trinajstić information content (AvgIpc) is 2.68. The van der Waals surface area contributed by atoms with Gasteiger partial charge in [0.1, 0.15) is 5.82 Å². The Morgan fingerprint density at radius 1 is 1.05 bits per heavy atom. The van der Waals surface area contributed by atoms with Crippen LogP contribution in [0.3, 0.4) is 0 Å². The summed E-state index contributed by atoms with van der Waals surface area (Å²) < 4.78 is 17.7. The highest BCUT2D eigenvalue weighted by atomic mass is 16.7. The second-order valence-electron chi connectivity index (χ2n) is 7.09. The molecule has 0 atom stereocenters. The highest BCUT2D eigenvalue weighted by molar-refractivity contribution is 6.62. The van der Waals surface area contributed by atoms with Crippen molar-refractivity contribution in [1.29, 1.82) is 0 Å². The lowest BCUT2D eigenvalue weighted by Gasteiger charge is -2.32. The van der Waals surface area contributed by atoms with Gasteiger partial charge >= 0.3 is 7.12 Å². The quantitative estimate of drug-likeness (QED) is 0.775. The molecular formula is C16H25BN2O3. The zero-order valence-electron chi connectivity index (χ0n) is 14.2. The van der Waals surface area contributed by atoms with Gasteiger partial charge in [0.05, 0.1) is 24.4 Å². The lowest BCUT2D eigenvalue weighted by Crippen LogP contribution is -2.41. The predicted octanol–water partition coefficient (Wildman–Crippen LogP) is 1.53. The fraction of sp³-hybridized carbons (Fsp3) is 0.688. The second-order valence-corrected chi connectivity index (χ2v) is 7.09. The van der Waals surface area contributed by atoms with Crippen LogP contribution in [0, 0.1) is 6.92 Å². The number of aromatic nitrogens is 1. The highest BCUT2D eigenvalue weighted by Crippen LogP contribution is 2.36. The first-order valence-corrected chi connectivity index (χ1v) is 7.95. The van der Waals surface area contributed by atoms with Crippen LogP contribution in [0.1, 0.15) is 33.4 Å². The lowest BCUT2D eigenvalue weighted by atomic mass is 9.79. The van der Waals surface area contributed by atoms with Crippen LogP contribution in [0.25, 0.3) is 0 Å². The zero-order chi connectivity index (χ0) is 16.0. The van der Waals surface area contributed by atoms with E-state index in [1.165, 1.54) is 0 Å². The standard InChI is InChI=1S/C16H25BN2O3/c1-12-10-13(17-21-15(2,3)16(4,5)22-17)11-14(18-12)19-6-8-20-9-7-19/h10-11H,6-9H2,1-5H3. The van der Waals surface area contributed by atoms with Crippen molar-refractivity contribution in [3.63, 3.8) is 0 Å². The summed E-state index contributed by atoms with van der Waals surface area (Å²) >= 11 is 0. The Bertz CT molecular complexity index is 540. The predicted molar refractivity (Wildman–Crippen MR) is 87.7 cm³/mol. The van der Waals surface area contributed by atoms with E-state index >= 15 is 0 Å². The van der Waals surface area contributed by atoms with E-state index in [-0.39, 0.29) is 18.3 Å². The highest BCUT2D eigenvalue weighted by Gasteiger charge is 2.51. The van der Waals surface area contributed by atoms with Gasteiger partial charge < -0.3 is 18.9 Å². The molecular weight excluding hydrogens is 279 g/mol. The third-order valence-corrected chi connectivity index (χ3v) is 4.82. The van der Waals surface area contributed by atoms with E-state index in [4.69, 9.17) is 14.0 Å². The summed E-state index contributed by atoms with van der Waals surface area (Å²) in [6.45, 7) is 13.6. The van der Waals surface area contributed by atoms with E-state index in [1.807, 2.05) is 13.0 Å². The molecule has 0 bridgehead atoms. The first-order chi connectivity index (χ1) is 10.3. The van der Waals surface area contributed by atoms with E-state index in [9.17, 15) is 0 Å². The molecule has 2 fully saturated rings.